The summed E-state index contributed by atoms with van der Waals surface area (Å²) in [7, 11) is 1.66. The minimum absolute atomic E-state index is 0.232. The Labute approximate surface area is 89.6 Å². The normalized spacial score (nSPS) is 13.5. The van der Waals surface area contributed by atoms with Crippen LogP contribution in [0.1, 0.15) is 17.5 Å². The van der Waals surface area contributed by atoms with Gasteiger partial charge in [-0.25, -0.2) is 0 Å². The van der Waals surface area contributed by atoms with Gasteiger partial charge in [-0.1, -0.05) is 6.07 Å². The molecule has 0 aliphatic carbocycles. The Hall–Kier alpha value is -1.22. The van der Waals surface area contributed by atoms with Gasteiger partial charge in [-0.15, -0.1) is 0 Å². The first-order valence-corrected chi connectivity index (χ1v) is 5.28. The van der Waals surface area contributed by atoms with Crippen LogP contribution in [0.25, 0.3) is 0 Å². The fraction of sp³-hybridized carbons (Fsp3) is 0.500. The number of rotatable bonds is 4. The summed E-state index contributed by atoms with van der Waals surface area (Å²) < 4.78 is 10.8. The Morgan fingerprint density at radius 2 is 2.33 bits per heavy atom. The lowest BCUT2D eigenvalue weighted by Crippen LogP contribution is -1.94. The van der Waals surface area contributed by atoms with Gasteiger partial charge in [0, 0.05) is 18.6 Å². The molecule has 82 valence electrons. The molecule has 0 saturated heterocycles. The first kappa shape index (κ1) is 10.3. The number of methoxy groups -OCH3 is 1. The Kier molecular flexibility index (Phi) is 3.11. The van der Waals surface area contributed by atoms with E-state index in [9.17, 15) is 0 Å². The van der Waals surface area contributed by atoms with Crippen LogP contribution in [0.5, 0.6) is 11.5 Å². The van der Waals surface area contributed by atoms with E-state index in [0.717, 1.165) is 37.4 Å². The van der Waals surface area contributed by atoms with E-state index in [1.807, 2.05) is 6.07 Å². The van der Waals surface area contributed by atoms with Gasteiger partial charge >= 0.3 is 0 Å². The third-order valence-electron chi connectivity index (χ3n) is 2.65. The topological polar surface area (TPSA) is 38.7 Å². The summed E-state index contributed by atoms with van der Waals surface area (Å²) in [4.78, 5) is 0. The van der Waals surface area contributed by atoms with Crippen LogP contribution in [0.15, 0.2) is 12.1 Å². The van der Waals surface area contributed by atoms with E-state index in [2.05, 4.69) is 6.07 Å². The zero-order valence-electron chi connectivity index (χ0n) is 8.95. The zero-order valence-corrected chi connectivity index (χ0v) is 8.95. The van der Waals surface area contributed by atoms with Crippen molar-refractivity contribution in [1.82, 2.24) is 0 Å². The first-order valence-electron chi connectivity index (χ1n) is 5.28. The van der Waals surface area contributed by atoms with E-state index in [4.69, 9.17) is 14.6 Å². The smallest absolute Gasteiger partial charge is 0.164 e. The van der Waals surface area contributed by atoms with Crippen molar-refractivity contribution in [2.75, 3.05) is 20.3 Å². The van der Waals surface area contributed by atoms with Gasteiger partial charge in [-0.2, -0.15) is 0 Å². The van der Waals surface area contributed by atoms with Gasteiger partial charge in [0.25, 0.3) is 0 Å². The standard InChI is InChI=1S/C12H16O3/c1-14-11-8-9(3-2-5-13)7-10-4-6-15-12(10)11/h7-8,13H,2-6H2,1H3. The second-order valence-electron chi connectivity index (χ2n) is 3.71. The van der Waals surface area contributed by atoms with Crippen LogP contribution in [0, 0.1) is 0 Å². The van der Waals surface area contributed by atoms with Gasteiger partial charge in [0.05, 0.1) is 13.7 Å². The third-order valence-corrected chi connectivity index (χ3v) is 2.65. The van der Waals surface area contributed by atoms with Crippen molar-refractivity contribution in [2.45, 2.75) is 19.3 Å². The zero-order chi connectivity index (χ0) is 10.7. The minimum Gasteiger partial charge on any atom is -0.493 e. The largest absolute Gasteiger partial charge is 0.493 e. The molecule has 1 N–H and O–H groups in total. The molecule has 15 heavy (non-hydrogen) atoms. The summed E-state index contributed by atoms with van der Waals surface area (Å²) in [5, 5.41) is 8.79. The molecule has 1 aliphatic rings. The van der Waals surface area contributed by atoms with E-state index in [1.165, 1.54) is 11.1 Å². The lowest BCUT2D eigenvalue weighted by molar-refractivity contribution is 0.288. The molecule has 0 atom stereocenters. The maximum Gasteiger partial charge on any atom is 0.164 e. The van der Waals surface area contributed by atoms with Gasteiger partial charge < -0.3 is 14.6 Å². The summed E-state index contributed by atoms with van der Waals surface area (Å²) in [5.74, 6) is 1.71. The van der Waals surface area contributed by atoms with Crippen LogP contribution in [0.2, 0.25) is 0 Å². The molecule has 0 bridgehead atoms. The predicted molar refractivity (Wildman–Crippen MR) is 57.6 cm³/mol. The van der Waals surface area contributed by atoms with Crippen molar-refractivity contribution < 1.29 is 14.6 Å². The molecule has 1 aromatic carbocycles. The van der Waals surface area contributed by atoms with Gasteiger partial charge in [-0.3, -0.25) is 0 Å². The highest BCUT2D eigenvalue weighted by Crippen LogP contribution is 2.36. The second-order valence-corrected chi connectivity index (χ2v) is 3.71. The minimum atomic E-state index is 0.232. The van der Waals surface area contributed by atoms with Crippen LogP contribution in [-0.4, -0.2) is 25.4 Å². The summed E-state index contributed by atoms with van der Waals surface area (Å²) in [6, 6.07) is 4.15. The Morgan fingerprint density at radius 3 is 3.07 bits per heavy atom. The highest BCUT2D eigenvalue weighted by atomic mass is 16.5. The molecule has 0 fully saturated rings. The van der Waals surface area contributed by atoms with Crippen LogP contribution < -0.4 is 9.47 Å². The van der Waals surface area contributed by atoms with Crippen molar-refractivity contribution in [3.8, 4) is 11.5 Å². The lowest BCUT2D eigenvalue weighted by atomic mass is 10.0. The summed E-state index contributed by atoms with van der Waals surface area (Å²) in [6.07, 6.45) is 2.64. The van der Waals surface area contributed by atoms with Crippen LogP contribution in [0.4, 0.5) is 0 Å². The fourth-order valence-electron chi connectivity index (χ4n) is 1.91. The van der Waals surface area contributed by atoms with Gasteiger partial charge in [-0.05, 0) is 24.5 Å². The maximum atomic E-state index is 8.79. The summed E-state index contributed by atoms with van der Waals surface area (Å²) >= 11 is 0. The van der Waals surface area contributed by atoms with E-state index < -0.39 is 0 Å². The molecular formula is C12H16O3. The fourth-order valence-corrected chi connectivity index (χ4v) is 1.91. The molecule has 0 spiro atoms. The van der Waals surface area contributed by atoms with Crippen LogP contribution >= 0.6 is 0 Å². The number of aryl methyl sites for hydroxylation is 1. The number of aliphatic hydroxyl groups excluding tert-OH is 1. The van der Waals surface area contributed by atoms with Crippen molar-refractivity contribution in [2.24, 2.45) is 0 Å². The molecule has 1 heterocycles. The first-order chi connectivity index (χ1) is 7.35. The van der Waals surface area contributed by atoms with Crippen LogP contribution in [0.3, 0.4) is 0 Å². The number of ether oxygens (including phenoxy) is 2. The Balaban J connectivity index is 2.26. The maximum absolute atomic E-state index is 8.79. The molecule has 0 aromatic heterocycles. The highest BCUT2D eigenvalue weighted by molar-refractivity contribution is 5.51. The lowest BCUT2D eigenvalue weighted by Gasteiger charge is -2.09. The number of hydrogen-bond donors (Lipinski definition) is 1. The Bertz CT molecular complexity index is 347. The Morgan fingerprint density at radius 1 is 1.47 bits per heavy atom. The summed E-state index contributed by atoms with van der Waals surface area (Å²) in [6.45, 7) is 0.977. The van der Waals surface area contributed by atoms with E-state index in [1.54, 1.807) is 7.11 Å². The molecule has 0 saturated carbocycles. The number of fused-ring (bicyclic) bond motifs is 1. The van der Waals surface area contributed by atoms with Crippen molar-refractivity contribution in [3.63, 3.8) is 0 Å². The van der Waals surface area contributed by atoms with Crippen molar-refractivity contribution in [1.29, 1.82) is 0 Å². The number of benzene rings is 1. The molecule has 2 rings (SSSR count). The van der Waals surface area contributed by atoms with Crippen molar-refractivity contribution >= 4 is 0 Å². The number of aliphatic hydroxyl groups is 1. The van der Waals surface area contributed by atoms with E-state index in [-0.39, 0.29) is 6.61 Å². The van der Waals surface area contributed by atoms with Gasteiger partial charge in [0.15, 0.2) is 11.5 Å². The molecular weight excluding hydrogens is 192 g/mol. The average molecular weight is 208 g/mol. The van der Waals surface area contributed by atoms with E-state index in [0.29, 0.717) is 0 Å². The van der Waals surface area contributed by atoms with Crippen molar-refractivity contribution in [3.05, 3.63) is 23.3 Å². The SMILES string of the molecule is COc1cc(CCCO)cc2c1OCC2. The van der Waals surface area contributed by atoms with E-state index >= 15 is 0 Å². The van der Waals surface area contributed by atoms with Gasteiger partial charge in [0.1, 0.15) is 0 Å². The summed E-state index contributed by atoms with van der Waals surface area (Å²) in [5.41, 5.74) is 2.44. The molecule has 3 heteroatoms. The quantitative estimate of drug-likeness (QED) is 0.816. The third kappa shape index (κ3) is 2.07. The molecule has 0 radical (unpaired) electrons. The average Bonchev–Trinajstić information content (AvgIpc) is 2.73. The predicted octanol–water partition coefficient (Wildman–Crippen LogP) is 1.55. The van der Waals surface area contributed by atoms with Crippen LogP contribution in [-0.2, 0) is 12.8 Å². The molecule has 1 aliphatic heterocycles. The second kappa shape index (κ2) is 4.53. The monoisotopic (exact) mass is 208 g/mol. The van der Waals surface area contributed by atoms with Gasteiger partial charge in [0.2, 0.25) is 0 Å². The molecule has 0 amide bonds. The number of hydrogen-bond acceptors (Lipinski definition) is 3. The molecule has 3 nitrogen and oxygen atoms in total. The molecule has 0 unspecified atom stereocenters. The highest BCUT2D eigenvalue weighted by Gasteiger charge is 2.18. The molecule has 1 aromatic rings.